The molecule has 3 nitrogen and oxygen atoms in total. The van der Waals surface area contributed by atoms with Gasteiger partial charge in [-0.1, -0.05) is 87.9 Å². The smallest absolute Gasteiger partial charge is 0.261 e. The highest BCUT2D eigenvalue weighted by atomic mass is 28.4. The van der Waals surface area contributed by atoms with Gasteiger partial charge in [0.15, 0.2) is 11.8 Å². The maximum atomic E-state index is 12.7. The van der Waals surface area contributed by atoms with E-state index in [1.165, 1.54) is 34.4 Å². The van der Waals surface area contributed by atoms with Gasteiger partial charge in [-0.15, -0.1) is 0 Å². The van der Waals surface area contributed by atoms with Crippen LogP contribution in [0.1, 0.15) is 79.1 Å². The molecular formula is C28H41NO2Si. The molecular weight excluding hydrogens is 410 g/mol. The van der Waals surface area contributed by atoms with Crippen LogP contribution in [0.2, 0.25) is 5.04 Å². The monoisotopic (exact) mass is 451 g/mol. The van der Waals surface area contributed by atoms with Gasteiger partial charge in [0.25, 0.3) is 8.32 Å². The second-order valence-electron chi connectivity index (χ2n) is 10.3. The number of benzene rings is 2. The van der Waals surface area contributed by atoms with Crippen LogP contribution in [-0.4, -0.2) is 31.4 Å². The molecule has 0 heterocycles. The third kappa shape index (κ3) is 5.71. The zero-order chi connectivity index (χ0) is 23.0. The molecule has 0 unspecified atom stereocenters. The minimum atomic E-state index is -2.45. The molecule has 0 aromatic heterocycles. The number of unbranched alkanes of at least 4 members (excludes halogenated alkanes) is 1. The standard InChI is InChI=1S/C28H41NO2Si/c1-24(29(30)25-17-8-5-9-18-25)16-14-15-23-31-32(28(2,3)4,26-19-10-6-11-20-26)27-21-12-7-13-22-27/h6-7,10-13,19-22,25H,5,8-9,14-18,23H2,1-4H3/b29-24-. The molecule has 174 valence electrons. The van der Waals surface area contributed by atoms with E-state index in [1.54, 1.807) is 0 Å². The number of hydrogen-bond acceptors (Lipinski definition) is 2. The minimum absolute atomic E-state index is 0.00451. The lowest BCUT2D eigenvalue weighted by atomic mass is 9.95. The van der Waals surface area contributed by atoms with Crippen molar-refractivity contribution in [3.8, 4) is 0 Å². The molecule has 32 heavy (non-hydrogen) atoms. The van der Waals surface area contributed by atoms with E-state index in [0.29, 0.717) is 0 Å². The second kappa shape index (κ2) is 11.3. The van der Waals surface area contributed by atoms with E-state index in [4.69, 9.17) is 4.43 Å². The molecule has 1 saturated carbocycles. The fourth-order valence-corrected chi connectivity index (χ4v) is 9.81. The first-order chi connectivity index (χ1) is 15.4. The first-order valence-corrected chi connectivity index (χ1v) is 14.3. The molecule has 0 saturated heterocycles. The molecule has 1 aliphatic carbocycles. The van der Waals surface area contributed by atoms with Gasteiger partial charge in [-0.2, -0.15) is 0 Å². The predicted octanol–water partition coefficient (Wildman–Crippen LogP) is 6.04. The largest absolute Gasteiger partial charge is 0.624 e. The summed E-state index contributed by atoms with van der Waals surface area (Å²) in [6.07, 6.45) is 8.62. The summed E-state index contributed by atoms with van der Waals surface area (Å²) in [7, 11) is -2.45. The summed E-state index contributed by atoms with van der Waals surface area (Å²) in [4.78, 5) is 0. The number of nitrogens with zero attached hydrogens (tertiary/aromatic N) is 1. The maximum absolute atomic E-state index is 12.7. The van der Waals surface area contributed by atoms with Crippen LogP contribution in [0.3, 0.4) is 0 Å². The van der Waals surface area contributed by atoms with Crippen molar-refractivity contribution in [3.63, 3.8) is 0 Å². The molecule has 2 aromatic carbocycles. The van der Waals surface area contributed by atoms with Gasteiger partial charge >= 0.3 is 0 Å². The average molecular weight is 452 g/mol. The van der Waals surface area contributed by atoms with Crippen LogP contribution in [0.25, 0.3) is 0 Å². The van der Waals surface area contributed by atoms with Crippen LogP contribution < -0.4 is 10.4 Å². The van der Waals surface area contributed by atoms with Crippen molar-refractivity contribution in [2.75, 3.05) is 6.61 Å². The van der Waals surface area contributed by atoms with Crippen molar-refractivity contribution in [1.29, 1.82) is 0 Å². The summed E-state index contributed by atoms with van der Waals surface area (Å²) in [6, 6.07) is 21.8. The Morgan fingerprint density at radius 3 is 1.94 bits per heavy atom. The van der Waals surface area contributed by atoms with Crippen LogP contribution in [0.5, 0.6) is 0 Å². The molecule has 0 atom stereocenters. The Morgan fingerprint density at radius 1 is 0.906 bits per heavy atom. The normalized spacial score (nSPS) is 16.6. The third-order valence-corrected chi connectivity index (χ3v) is 12.0. The maximum Gasteiger partial charge on any atom is 0.261 e. The molecule has 1 aliphatic rings. The van der Waals surface area contributed by atoms with E-state index in [-0.39, 0.29) is 11.1 Å². The summed E-state index contributed by atoms with van der Waals surface area (Å²) < 4.78 is 8.28. The van der Waals surface area contributed by atoms with Gasteiger partial charge in [0.05, 0.1) is 0 Å². The Labute approximate surface area is 196 Å². The SMILES string of the molecule is C/C(CCCCO[Si](c1ccccc1)(c1ccccc1)C(C)(C)C)=[N+](/[O-])C1CCCCC1. The average Bonchev–Trinajstić information content (AvgIpc) is 2.81. The third-order valence-electron chi connectivity index (χ3n) is 6.95. The van der Waals surface area contributed by atoms with Crippen molar-refractivity contribution in [2.24, 2.45) is 0 Å². The lowest BCUT2D eigenvalue weighted by Gasteiger charge is -2.43. The molecule has 0 amide bonds. The number of hydroxylamine groups is 1. The van der Waals surface area contributed by atoms with Gasteiger partial charge < -0.3 is 9.63 Å². The Hall–Kier alpha value is -1.91. The van der Waals surface area contributed by atoms with E-state index < -0.39 is 8.32 Å². The highest BCUT2D eigenvalue weighted by Crippen LogP contribution is 2.36. The van der Waals surface area contributed by atoms with Crippen LogP contribution in [0.15, 0.2) is 60.7 Å². The fraction of sp³-hybridized carbons (Fsp3) is 0.536. The quantitative estimate of drug-likeness (QED) is 0.116. The molecule has 2 aromatic rings. The number of hydrogen-bond donors (Lipinski definition) is 0. The molecule has 0 bridgehead atoms. The molecule has 0 N–H and O–H groups in total. The van der Waals surface area contributed by atoms with Crippen molar-refractivity contribution < 1.29 is 9.16 Å². The van der Waals surface area contributed by atoms with Crippen LogP contribution >= 0.6 is 0 Å². The predicted molar refractivity (Wildman–Crippen MR) is 139 cm³/mol. The molecule has 4 heteroatoms. The Morgan fingerprint density at radius 2 is 1.44 bits per heavy atom. The summed E-state index contributed by atoms with van der Waals surface area (Å²) in [5.41, 5.74) is 0.988. The Balaban J connectivity index is 1.70. The summed E-state index contributed by atoms with van der Waals surface area (Å²) >= 11 is 0. The van der Waals surface area contributed by atoms with Crippen molar-refractivity contribution in [3.05, 3.63) is 65.9 Å². The lowest BCUT2D eigenvalue weighted by molar-refractivity contribution is -0.507. The van der Waals surface area contributed by atoms with Gasteiger partial charge in [-0.05, 0) is 41.1 Å². The summed E-state index contributed by atoms with van der Waals surface area (Å²) in [5.74, 6) is 0. The van der Waals surface area contributed by atoms with Crippen LogP contribution in [0, 0.1) is 5.21 Å². The second-order valence-corrected chi connectivity index (χ2v) is 14.6. The Kier molecular flexibility index (Phi) is 8.72. The Bertz CT molecular complexity index is 813. The van der Waals surface area contributed by atoms with Crippen molar-refractivity contribution >= 4 is 24.4 Å². The van der Waals surface area contributed by atoms with E-state index in [0.717, 1.165) is 44.4 Å². The lowest BCUT2D eigenvalue weighted by Crippen LogP contribution is -2.66. The number of rotatable bonds is 9. The highest BCUT2D eigenvalue weighted by molar-refractivity contribution is 6.99. The molecule has 0 spiro atoms. The van der Waals surface area contributed by atoms with E-state index in [1.807, 2.05) is 6.92 Å². The van der Waals surface area contributed by atoms with E-state index in [2.05, 4.69) is 81.4 Å². The fourth-order valence-electron chi connectivity index (χ4n) is 5.21. The van der Waals surface area contributed by atoms with Crippen molar-refractivity contribution in [1.82, 2.24) is 0 Å². The molecule has 3 rings (SSSR count). The van der Waals surface area contributed by atoms with Crippen LogP contribution in [-0.2, 0) is 4.43 Å². The highest BCUT2D eigenvalue weighted by Gasteiger charge is 2.49. The molecule has 1 fully saturated rings. The van der Waals surface area contributed by atoms with E-state index >= 15 is 0 Å². The summed E-state index contributed by atoms with van der Waals surface area (Å²) in [6.45, 7) is 9.69. The zero-order valence-corrected chi connectivity index (χ0v) is 21.5. The zero-order valence-electron chi connectivity index (χ0n) is 20.5. The van der Waals surface area contributed by atoms with Gasteiger partial charge in [-0.3, -0.25) is 0 Å². The summed E-state index contributed by atoms with van der Waals surface area (Å²) in [5, 5.41) is 15.3. The van der Waals surface area contributed by atoms with Gasteiger partial charge in [-0.25, -0.2) is 4.74 Å². The molecule has 0 radical (unpaired) electrons. The first-order valence-electron chi connectivity index (χ1n) is 12.4. The van der Waals surface area contributed by atoms with Gasteiger partial charge in [0, 0.05) is 32.8 Å². The topological polar surface area (TPSA) is 35.3 Å². The van der Waals surface area contributed by atoms with Gasteiger partial charge in [0.2, 0.25) is 0 Å². The minimum Gasteiger partial charge on any atom is -0.624 e. The van der Waals surface area contributed by atoms with Gasteiger partial charge in [0.1, 0.15) is 0 Å². The van der Waals surface area contributed by atoms with Crippen LogP contribution in [0.4, 0.5) is 0 Å². The van der Waals surface area contributed by atoms with E-state index in [9.17, 15) is 5.21 Å². The molecule has 0 aliphatic heterocycles. The first kappa shape index (κ1) is 24.7. The van der Waals surface area contributed by atoms with Crippen molar-refractivity contribution in [2.45, 2.75) is 90.1 Å².